The van der Waals surface area contributed by atoms with Crippen LogP contribution in [0.3, 0.4) is 0 Å². The Kier molecular flexibility index (Phi) is 5.60. The molecule has 0 saturated carbocycles. The normalized spacial score (nSPS) is 16.8. The van der Waals surface area contributed by atoms with Gasteiger partial charge < -0.3 is 16.4 Å². The van der Waals surface area contributed by atoms with Crippen molar-refractivity contribution in [3.8, 4) is 10.6 Å². The van der Waals surface area contributed by atoms with Gasteiger partial charge in [0.1, 0.15) is 5.69 Å². The number of carbonyl (C=O) groups excluding carboxylic acids is 1. The van der Waals surface area contributed by atoms with Crippen LogP contribution in [0.5, 0.6) is 0 Å². The molecule has 4 N–H and O–H groups in total. The smallest absolute Gasteiger partial charge is 0.187 e. The highest BCUT2D eigenvalue weighted by Crippen LogP contribution is 2.28. The summed E-state index contributed by atoms with van der Waals surface area (Å²) >= 11 is 1.61. The monoisotopic (exact) mass is 407 g/mol. The third-order valence-electron chi connectivity index (χ3n) is 5.20. The number of aryl methyl sites for hydroxylation is 1. The number of nitrogens with two attached hydrogens (primary N) is 2. The van der Waals surface area contributed by atoms with Crippen molar-refractivity contribution in [2.45, 2.75) is 32.2 Å². The predicted octanol–water partition coefficient (Wildman–Crippen LogP) is 3.45. The average Bonchev–Trinajstić information content (AvgIpc) is 3.15. The van der Waals surface area contributed by atoms with Crippen LogP contribution >= 0.6 is 11.3 Å². The van der Waals surface area contributed by atoms with E-state index in [1.807, 2.05) is 19.1 Å². The van der Waals surface area contributed by atoms with Crippen molar-refractivity contribution < 1.29 is 4.79 Å². The second-order valence-electron chi connectivity index (χ2n) is 7.58. The number of Topliss-reactive ketones (excluding diaryl/α,β-unsaturated/α-hetero) is 1. The molecule has 0 bridgehead atoms. The summed E-state index contributed by atoms with van der Waals surface area (Å²) < 4.78 is 0. The molecule has 0 aliphatic carbocycles. The van der Waals surface area contributed by atoms with E-state index in [4.69, 9.17) is 11.5 Å². The van der Waals surface area contributed by atoms with Crippen molar-refractivity contribution in [1.82, 2.24) is 9.97 Å². The van der Waals surface area contributed by atoms with E-state index in [0.29, 0.717) is 11.4 Å². The minimum absolute atomic E-state index is 0.104. The van der Waals surface area contributed by atoms with E-state index < -0.39 is 0 Å². The van der Waals surface area contributed by atoms with Gasteiger partial charge in [0.15, 0.2) is 5.78 Å². The highest BCUT2D eigenvalue weighted by molar-refractivity contribution is 7.13. The molecule has 0 amide bonds. The van der Waals surface area contributed by atoms with Crippen molar-refractivity contribution in [2.24, 2.45) is 5.73 Å². The van der Waals surface area contributed by atoms with E-state index in [1.165, 1.54) is 5.56 Å². The van der Waals surface area contributed by atoms with E-state index >= 15 is 0 Å². The van der Waals surface area contributed by atoms with E-state index in [1.54, 1.807) is 29.8 Å². The standard InChI is InChI=1S/C22H25N5OS/c1-14-9-21(29-13-14)18-5-4-17(24)22(26-18)20(28)10-15-11-25-7-6-19(15)27-8-2-3-16(23)12-27/h4-7,9,11,13,16H,2-3,8,10,12,23-24H2,1H3/t16-/m0/s1. The third kappa shape index (κ3) is 4.31. The highest BCUT2D eigenvalue weighted by atomic mass is 32.1. The van der Waals surface area contributed by atoms with E-state index in [2.05, 4.69) is 26.3 Å². The van der Waals surface area contributed by atoms with Crippen LogP contribution in [0.4, 0.5) is 11.4 Å². The van der Waals surface area contributed by atoms with Gasteiger partial charge in [-0.05, 0) is 55.0 Å². The van der Waals surface area contributed by atoms with Gasteiger partial charge in [-0.15, -0.1) is 11.3 Å². The Bertz CT molecular complexity index is 1030. The van der Waals surface area contributed by atoms with Crippen molar-refractivity contribution in [1.29, 1.82) is 0 Å². The molecule has 29 heavy (non-hydrogen) atoms. The number of thiophene rings is 1. The lowest BCUT2D eigenvalue weighted by atomic mass is 10.0. The van der Waals surface area contributed by atoms with Crippen molar-refractivity contribution in [2.75, 3.05) is 23.7 Å². The number of carbonyl (C=O) groups is 1. The van der Waals surface area contributed by atoms with Gasteiger partial charge in [0, 0.05) is 49.2 Å². The maximum absolute atomic E-state index is 13.1. The van der Waals surface area contributed by atoms with E-state index in [0.717, 1.165) is 47.8 Å². The molecule has 6 nitrogen and oxygen atoms in total. The topological polar surface area (TPSA) is 98.1 Å². The molecule has 1 fully saturated rings. The molecule has 4 heterocycles. The molecule has 4 rings (SSSR count). The lowest BCUT2D eigenvalue weighted by Gasteiger charge is -2.33. The maximum atomic E-state index is 13.1. The Morgan fingerprint density at radius 3 is 2.97 bits per heavy atom. The molecular formula is C22H25N5OS. The van der Waals surface area contributed by atoms with Gasteiger partial charge in [0.25, 0.3) is 0 Å². The SMILES string of the molecule is Cc1csc(-c2ccc(N)c(C(=O)Cc3cnccc3N3CCC[C@H](N)C3)n2)c1. The largest absolute Gasteiger partial charge is 0.397 e. The molecule has 1 saturated heterocycles. The number of hydrogen-bond acceptors (Lipinski definition) is 7. The van der Waals surface area contributed by atoms with Crippen LogP contribution in [-0.2, 0) is 6.42 Å². The number of nitrogen functional groups attached to an aromatic ring is 1. The Morgan fingerprint density at radius 2 is 2.21 bits per heavy atom. The van der Waals surface area contributed by atoms with E-state index in [-0.39, 0.29) is 18.2 Å². The fourth-order valence-electron chi connectivity index (χ4n) is 3.75. The molecule has 7 heteroatoms. The zero-order chi connectivity index (χ0) is 20.4. The number of aromatic nitrogens is 2. The van der Waals surface area contributed by atoms with Crippen LogP contribution in [-0.4, -0.2) is 34.9 Å². The number of ketones is 1. The van der Waals surface area contributed by atoms with Crippen LogP contribution in [0, 0.1) is 6.92 Å². The van der Waals surface area contributed by atoms with Gasteiger partial charge in [-0.3, -0.25) is 9.78 Å². The predicted molar refractivity (Wildman–Crippen MR) is 118 cm³/mol. The van der Waals surface area contributed by atoms with Gasteiger partial charge in [0.05, 0.1) is 16.3 Å². The number of anilines is 2. The minimum atomic E-state index is -0.104. The van der Waals surface area contributed by atoms with Gasteiger partial charge in [-0.1, -0.05) is 0 Å². The Morgan fingerprint density at radius 1 is 1.34 bits per heavy atom. The first kappa shape index (κ1) is 19.5. The summed E-state index contributed by atoms with van der Waals surface area (Å²) in [5.74, 6) is -0.104. The Labute approximate surface area is 174 Å². The van der Waals surface area contributed by atoms with Gasteiger partial charge in [-0.25, -0.2) is 4.98 Å². The summed E-state index contributed by atoms with van der Waals surface area (Å²) in [6.07, 6.45) is 5.81. The minimum Gasteiger partial charge on any atom is -0.397 e. The molecule has 3 aromatic rings. The lowest BCUT2D eigenvalue weighted by molar-refractivity contribution is 0.0989. The fourth-order valence-corrected chi connectivity index (χ4v) is 4.62. The Hall–Kier alpha value is -2.77. The number of rotatable bonds is 5. The first-order valence-corrected chi connectivity index (χ1v) is 10.7. The van der Waals surface area contributed by atoms with Gasteiger partial charge >= 0.3 is 0 Å². The van der Waals surface area contributed by atoms with Gasteiger partial charge in [-0.2, -0.15) is 0 Å². The van der Waals surface area contributed by atoms with Crippen LogP contribution in [0.25, 0.3) is 10.6 Å². The molecule has 0 aromatic carbocycles. The lowest BCUT2D eigenvalue weighted by Crippen LogP contribution is -2.43. The molecular weight excluding hydrogens is 382 g/mol. The summed E-state index contributed by atoms with van der Waals surface area (Å²) in [7, 11) is 0. The summed E-state index contributed by atoms with van der Waals surface area (Å²) in [6.45, 7) is 3.77. The Balaban J connectivity index is 1.60. The molecule has 0 radical (unpaired) electrons. The zero-order valence-electron chi connectivity index (χ0n) is 16.5. The molecule has 0 spiro atoms. The molecule has 3 aromatic heterocycles. The number of pyridine rings is 2. The highest BCUT2D eigenvalue weighted by Gasteiger charge is 2.22. The molecule has 0 unspecified atom stereocenters. The van der Waals surface area contributed by atoms with Gasteiger partial charge in [0.2, 0.25) is 0 Å². The zero-order valence-corrected chi connectivity index (χ0v) is 17.3. The number of piperidine rings is 1. The summed E-state index contributed by atoms with van der Waals surface area (Å²) in [5.41, 5.74) is 16.8. The summed E-state index contributed by atoms with van der Waals surface area (Å²) in [6, 6.07) is 7.81. The fraction of sp³-hybridized carbons (Fsp3) is 0.318. The molecule has 150 valence electrons. The second kappa shape index (κ2) is 8.31. The van der Waals surface area contributed by atoms with Crippen LogP contribution in [0.2, 0.25) is 0 Å². The first-order valence-electron chi connectivity index (χ1n) is 9.80. The summed E-state index contributed by atoms with van der Waals surface area (Å²) in [4.78, 5) is 25.2. The molecule has 1 aliphatic rings. The second-order valence-corrected chi connectivity index (χ2v) is 8.49. The van der Waals surface area contributed by atoms with Crippen molar-refractivity contribution in [3.63, 3.8) is 0 Å². The van der Waals surface area contributed by atoms with Crippen molar-refractivity contribution >= 4 is 28.5 Å². The van der Waals surface area contributed by atoms with Crippen LogP contribution < -0.4 is 16.4 Å². The van der Waals surface area contributed by atoms with E-state index in [9.17, 15) is 4.79 Å². The average molecular weight is 408 g/mol. The quantitative estimate of drug-likeness (QED) is 0.629. The third-order valence-corrected chi connectivity index (χ3v) is 6.27. The maximum Gasteiger partial charge on any atom is 0.187 e. The molecule has 1 atom stereocenters. The van der Waals surface area contributed by atoms with Crippen LogP contribution in [0.1, 0.15) is 34.5 Å². The van der Waals surface area contributed by atoms with Crippen molar-refractivity contribution in [3.05, 3.63) is 58.9 Å². The first-order chi connectivity index (χ1) is 14.0. The van der Waals surface area contributed by atoms with Crippen LogP contribution in [0.15, 0.2) is 42.0 Å². The number of hydrogen-bond donors (Lipinski definition) is 2. The number of nitrogens with zero attached hydrogens (tertiary/aromatic N) is 3. The molecule has 1 aliphatic heterocycles. The summed E-state index contributed by atoms with van der Waals surface area (Å²) in [5, 5.41) is 2.07.